The number of rotatable bonds is 7. The summed E-state index contributed by atoms with van der Waals surface area (Å²) in [6.45, 7) is 0.440. The monoisotopic (exact) mass is 427 g/mol. The molecule has 0 fully saturated rings. The Morgan fingerprint density at radius 2 is 1.82 bits per heavy atom. The Balaban J connectivity index is 0.00000280. The molecule has 1 heterocycles. The van der Waals surface area contributed by atoms with Crippen molar-refractivity contribution in [1.82, 2.24) is 4.31 Å². The van der Waals surface area contributed by atoms with Gasteiger partial charge in [0.1, 0.15) is 10.7 Å². The molecule has 0 spiro atoms. The minimum absolute atomic E-state index is 0. The van der Waals surface area contributed by atoms with Crippen LogP contribution in [0.1, 0.15) is 17.5 Å². The molecule has 0 bridgehead atoms. The van der Waals surface area contributed by atoms with E-state index < -0.39 is 15.8 Å². The Hall–Kier alpha value is -2.00. The first-order chi connectivity index (χ1) is 12.9. The molecule has 3 rings (SSSR count). The van der Waals surface area contributed by atoms with E-state index in [1.807, 2.05) is 30.3 Å². The van der Waals surface area contributed by atoms with Crippen LogP contribution in [0.5, 0.6) is 0 Å². The number of halogens is 2. The second-order valence-electron chi connectivity index (χ2n) is 6.42. The Morgan fingerprint density at radius 1 is 1.11 bits per heavy atom. The molecule has 1 aliphatic rings. The Bertz CT molecular complexity index is 939. The number of aryl methyl sites for hydroxylation is 1. The third kappa shape index (κ3) is 4.88. The summed E-state index contributed by atoms with van der Waals surface area (Å²) in [5.74, 6) is -1.08. The van der Waals surface area contributed by atoms with Gasteiger partial charge >= 0.3 is 0 Å². The lowest BCUT2D eigenvalue weighted by molar-refractivity contribution is -0.116. The highest BCUT2D eigenvalue weighted by molar-refractivity contribution is 7.89. The SMILES string of the molecule is Cl.NCCN(CCc1ccccc1)S(=O)(=O)c1cc2c(cc1F)NC(=O)CC2. The third-order valence-corrected chi connectivity index (χ3v) is 6.46. The number of carbonyl (C=O) groups is 1. The summed E-state index contributed by atoms with van der Waals surface area (Å²) in [6.07, 6.45) is 1.13. The quantitative estimate of drug-likeness (QED) is 0.709. The van der Waals surface area contributed by atoms with E-state index in [2.05, 4.69) is 5.32 Å². The fourth-order valence-electron chi connectivity index (χ4n) is 3.11. The number of sulfonamides is 1. The summed E-state index contributed by atoms with van der Waals surface area (Å²) in [4.78, 5) is 11.1. The molecule has 0 aliphatic carbocycles. The number of fused-ring (bicyclic) bond motifs is 1. The zero-order valence-electron chi connectivity index (χ0n) is 15.2. The lowest BCUT2D eigenvalue weighted by Gasteiger charge is -2.24. The van der Waals surface area contributed by atoms with Gasteiger partial charge in [0, 0.05) is 31.7 Å². The zero-order chi connectivity index (χ0) is 19.4. The van der Waals surface area contributed by atoms with Crippen molar-refractivity contribution < 1.29 is 17.6 Å². The molecule has 0 aromatic heterocycles. The smallest absolute Gasteiger partial charge is 0.246 e. The van der Waals surface area contributed by atoms with Crippen LogP contribution in [0.3, 0.4) is 0 Å². The van der Waals surface area contributed by atoms with Gasteiger partial charge in [0.25, 0.3) is 0 Å². The number of anilines is 1. The van der Waals surface area contributed by atoms with Crippen LogP contribution in [0.2, 0.25) is 0 Å². The summed E-state index contributed by atoms with van der Waals surface area (Å²) < 4.78 is 41.9. The average molecular weight is 428 g/mol. The lowest BCUT2D eigenvalue weighted by Crippen LogP contribution is -2.37. The Labute approximate surface area is 170 Å². The van der Waals surface area contributed by atoms with Crippen LogP contribution in [0.15, 0.2) is 47.4 Å². The number of benzene rings is 2. The molecule has 1 amide bonds. The summed E-state index contributed by atoms with van der Waals surface area (Å²) in [6, 6.07) is 11.9. The van der Waals surface area contributed by atoms with Crippen molar-refractivity contribution in [3.63, 3.8) is 0 Å². The van der Waals surface area contributed by atoms with Gasteiger partial charge in [0.05, 0.1) is 0 Å². The molecule has 9 heteroatoms. The van der Waals surface area contributed by atoms with E-state index in [0.29, 0.717) is 24.1 Å². The number of hydrogen-bond acceptors (Lipinski definition) is 4. The van der Waals surface area contributed by atoms with Gasteiger partial charge in [-0.1, -0.05) is 30.3 Å². The van der Waals surface area contributed by atoms with Crippen molar-refractivity contribution in [2.75, 3.05) is 25.0 Å². The van der Waals surface area contributed by atoms with E-state index in [0.717, 1.165) is 11.6 Å². The fourth-order valence-corrected chi connectivity index (χ4v) is 4.66. The zero-order valence-corrected chi connectivity index (χ0v) is 16.9. The Morgan fingerprint density at radius 3 is 2.50 bits per heavy atom. The Kier molecular flexibility index (Phi) is 7.54. The van der Waals surface area contributed by atoms with E-state index >= 15 is 0 Å². The molecular formula is C19H23ClFN3O3S. The first kappa shape index (κ1) is 22.3. The molecule has 2 aromatic rings. The number of amides is 1. The van der Waals surface area contributed by atoms with Crippen molar-refractivity contribution in [2.24, 2.45) is 5.73 Å². The van der Waals surface area contributed by atoms with Crippen LogP contribution in [-0.2, 0) is 27.7 Å². The largest absolute Gasteiger partial charge is 0.329 e. The van der Waals surface area contributed by atoms with Crippen molar-refractivity contribution >= 4 is 34.0 Å². The van der Waals surface area contributed by atoms with Crippen LogP contribution in [0.4, 0.5) is 10.1 Å². The number of nitrogens with one attached hydrogen (secondary N) is 1. The topological polar surface area (TPSA) is 92.5 Å². The lowest BCUT2D eigenvalue weighted by atomic mass is 10.0. The van der Waals surface area contributed by atoms with Crippen molar-refractivity contribution in [1.29, 1.82) is 0 Å². The molecule has 1 aliphatic heterocycles. The molecular weight excluding hydrogens is 405 g/mol. The predicted molar refractivity (Wildman–Crippen MR) is 109 cm³/mol. The first-order valence-electron chi connectivity index (χ1n) is 8.78. The van der Waals surface area contributed by atoms with Gasteiger partial charge in [-0.2, -0.15) is 4.31 Å². The highest BCUT2D eigenvalue weighted by Crippen LogP contribution is 2.29. The van der Waals surface area contributed by atoms with Crippen molar-refractivity contribution in [3.8, 4) is 0 Å². The van der Waals surface area contributed by atoms with Gasteiger partial charge in [-0.3, -0.25) is 4.79 Å². The van der Waals surface area contributed by atoms with Gasteiger partial charge in [-0.15, -0.1) is 12.4 Å². The summed E-state index contributed by atoms with van der Waals surface area (Å²) >= 11 is 0. The summed E-state index contributed by atoms with van der Waals surface area (Å²) in [5, 5.41) is 2.57. The summed E-state index contributed by atoms with van der Waals surface area (Å²) in [5.41, 5.74) is 7.53. The molecule has 152 valence electrons. The molecule has 0 atom stereocenters. The van der Waals surface area contributed by atoms with Crippen LogP contribution >= 0.6 is 12.4 Å². The molecule has 0 saturated carbocycles. The van der Waals surface area contributed by atoms with Crippen LogP contribution < -0.4 is 11.1 Å². The minimum Gasteiger partial charge on any atom is -0.329 e. The number of carbonyl (C=O) groups excluding carboxylic acids is 1. The van der Waals surface area contributed by atoms with E-state index in [4.69, 9.17) is 5.73 Å². The van der Waals surface area contributed by atoms with Gasteiger partial charge in [-0.05, 0) is 36.1 Å². The maximum Gasteiger partial charge on any atom is 0.246 e. The molecule has 28 heavy (non-hydrogen) atoms. The number of nitrogens with zero attached hydrogens (tertiary/aromatic N) is 1. The highest BCUT2D eigenvalue weighted by atomic mass is 35.5. The molecule has 2 aromatic carbocycles. The van der Waals surface area contributed by atoms with Gasteiger partial charge in [-0.25, -0.2) is 12.8 Å². The van der Waals surface area contributed by atoms with Crippen LogP contribution in [0, 0.1) is 5.82 Å². The number of nitrogens with two attached hydrogens (primary N) is 1. The second kappa shape index (κ2) is 9.47. The van der Waals surface area contributed by atoms with Gasteiger partial charge in [0.2, 0.25) is 15.9 Å². The maximum atomic E-state index is 14.6. The molecule has 0 saturated heterocycles. The van der Waals surface area contributed by atoms with E-state index in [9.17, 15) is 17.6 Å². The van der Waals surface area contributed by atoms with Crippen molar-refractivity contribution in [3.05, 3.63) is 59.4 Å². The third-order valence-electron chi connectivity index (χ3n) is 4.54. The highest BCUT2D eigenvalue weighted by Gasteiger charge is 2.29. The summed E-state index contributed by atoms with van der Waals surface area (Å²) in [7, 11) is -4.05. The van der Waals surface area contributed by atoms with Crippen LogP contribution in [0.25, 0.3) is 0 Å². The standard InChI is InChI=1S/C19H22FN3O3S.ClH/c20-16-13-17-15(6-7-19(24)22-17)12-18(16)27(25,26)23(11-9-21)10-8-14-4-2-1-3-5-14;/h1-5,12-13H,6-11,21H2,(H,22,24);1H. The molecule has 0 radical (unpaired) electrons. The fraction of sp³-hybridized carbons (Fsp3) is 0.316. The first-order valence-corrected chi connectivity index (χ1v) is 10.2. The normalized spacial score (nSPS) is 13.6. The average Bonchev–Trinajstić information content (AvgIpc) is 2.65. The maximum absolute atomic E-state index is 14.6. The molecule has 6 nitrogen and oxygen atoms in total. The van der Waals surface area contributed by atoms with Crippen molar-refractivity contribution in [2.45, 2.75) is 24.2 Å². The predicted octanol–water partition coefficient (Wildman–Crippen LogP) is 2.32. The minimum atomic E-state index is -4.05. The van der Waals surface area contributed by atoms with E-state index in [1.165, 1.54) is 10.4 Å². The number of hydrogen-bond donors (Lipinski definition) is 2. The van der Waals surface area contributed by atoms with Gasteiger partial charge in [0.15, 0.2) is 0 Å². The van der Waals surface area contributed by atoms with Crippen LogP contribution in [-0.4, -0.2) is 38.3 Å². The van der Waals surface area contributed by atoms with Gasteiger partial charge < -0.3 is 11.1 Å². The van der Waals surface area contributed by atoms with E-state index in [1.54, 1.807) is 0 Å². The van der Waals surface area contributed by atoms with E-state index in [-0.39, 0.29) is 49.3 Å². The second-order valence-corrected chi connectivity index (χ2v) is 8.32. The molecule has 0 unspecified atom stereocenters. The molecule has 3 N–H and O–H groups in total.